The topological polar surface area (TPSA) is 47.3 Å². The largest absolute Gasteiger partial charge is 0.489 e. The summed E-state index contributed by atoms with van der Waals surface area (Å²) in [5, 5.41) is 2.66. The van der Waals surface area contributed by atoms with E-state index in [4.69, 9.17) is 10.5 Å². The van der Waals surface area contributed by atoms with E-state index in [0.29, 0.717) is 6.61 Å². The molecular weight excluding hydrogens is 389 g/mol. The monoisotopic (exact) mass is 418 g/mol. The first kappa shape index (κ1) is 21.2. The summed E-state index contributed by atoms with van der Waals surface area (Å²) in [4.78, 5) is 0. The number of fused-ring (bicyclic) bond motifs is 3. The summed E-state index contributed by atoms with van der Waals surface area (Å²) in [5.41, 5.74) is 9.74. The SMILES string of the molecule is CC(NC[C@]1(N)[C@@H]2CC[C@H]1Cc1ccc(OCc3ccccc3)cc1C2)C(F)(F)F. The highest BCUT2D eigenvalue weighted by Crippen LogP contribution is 2.46. The van der Waals surface area contributed by atoms with Crippen LogP contribution in [0.3, 0.4) is 0 Å². The molecular formula is C24H29F3N2O. The second kappa shape index (κ2) is 8.23. The number of halogens is 3. The lowest BCUT2D eigenvalue weighted by atomic mass is 9.79. The zero-order valence-corrected chi connectivity index (χ0v) is 17.2. The van der Waals surface area contributed by atoms with Crippen LogP contribution in [0.15, 0.2) is 48.5 Å². The van der Waals surface area contributed by atoms with Crippen molar-refractivity contribution in [3.63, 3.8) is 0 Å². The van der Waals surface area contributed by atoms with E-state index in [-0.39, 0.29) is 18.4 Å². The number of nitrogens with two attached hydrogens (primary N) is 1. The highest BCUT2D eigenvalue weighted by atomic mass is 19.4. The Morgan fingerprint density at radius 3 is 2.40 bits per heavy atom. The zero-order chi connectivity index (χ0) is 21.4. The molecule has 30 heavy (non-hydrogen) atoms. The molecule has 3 nitrogen and oxygen atoms in total. The summed E-state index contributed by atoms with van der Waals surface area (Å²) < 4.78 is 44.8. The molecule has 1 fully saturated rings. The van der Waals surface area contributed by atoms with Crippen LogP contribution in [-0.4, -0.2) is 24.3 Å². The molecule has 2 aliphatic carbocycles. The normalized spacial score (nSPS) is 26.7. The van der Waals surface area contributed by atoms with E-state index in [1.807, 2.05) is 36.4 Å². The average Bonchev–Trinajstić information content (AvgIpc) is 2.94. The van der Waals surface area contributed by atoms with Crippen LogP contribution in [0.4, 0.5) is 13.2 Å². The van der Waals surface area contributed by atoms with Crippen LogP contribution >= 0.6 is 0 Å². The van der Waals surface area contributed by atoms with E-state index in [2.05, 4.69) is 17.4 Å². The third-order valence-electron chi connectivity index (χ3n) is 6.95. The van der Waals surface area contributed by atoms with Crippen molar-refractivity contribution in [3.8, 4) is 5.75 Å². The Kier molecular flexibility index (Phi) is 5.82. The van der Waals surface area contributed by atoms with E-state index >= 15 is 0 Å². The molecule has 0 radical (unpaired) electrons. The Morgan fingerprint density at radius 1 is 1.07 bits per heavy atom. The van der Waals surface area contributed by atoms with Crippen LogP contribution in [0.2, 0.25) is 0 Å². The first-order valence-corrected chi connectivity index (χ1v) is 10.6. The molecule has 0 heterocycles. The van der Waals surface area contributed by atoms with E-state index in [0.717, 1.165) is 43.9 Å². The third-order valence-corrected chi connectivity index (χ3v) is 6.95. The lowest BCUT2D eigenvalue weighted by molar-refractivity contribution is -0.152. The predicted octanol–water partition coefficient (Wildman–Crippen LogP) is 4.63. The molecule has 2 aliphatic rings. The Balaban J connectivity index is 1.47. The average molecular weight is 419 g/mol. The molecule has 2 aromatic carbocycles. The van der Waals surface area contributed by atoms with Gasteiger partial charge in [0.05, 0.1) is 0 Å². The molecule has 162 valence electrons. The van der Waals surface area contributed by atoms with Gasteiger partial charge < -0.3 is 15.8 Å². The summed E-state index contributed by atoms with van der Waals surface area (Å²) in [6, 6.07) is 14.6. The summed E-state index contributed by atoms with van der Waals surface area (Å²) in [6.07, 6.45) is -0.739. The molecule has 6 heteroatoms. The van der Waals surface area contributed by atoms with E-state index in [1.54, 1.807) is 0 Å². The minimum atomic E-state index is -4.26. The van der Waals surface area contributed by atoms with E-state index in [1.165, 1.54) is 11.1 Å². The van der Waals surface area contributed by atoms with Crippen molar-refractivity contribution >= 4 is 0 Å². The van der Waals surface area contributed by atoms with Crippen molar-refractivity contribution < 1.29 is 17.9 Å². The Morgan fingerprint density at radius 2 is 1.73 bits per heavy atom. The molecule has 2 aromatic rings. The minimum Gasteiger partial charge on any atom is -0.489 e. The van der Waals surface area contributed by atoms with Gasteiger partial charge in [-0.1, -0.05) is 36.4 Å². The fraction of sp³-hybridized carbons (Fsp3) is 0.500. The summed E-state index contributed by atoms with van der Waals surface area (Å²) in [5.74, 6) is 1.18. The summed E-state index contributed by atoms with van der Waals surface area (Å²) in [7, 11) is 0. The van der Waals surface area contributed by atoms with Gasteiger partial charge in [-0.05, 0) is 73.3 Å². The van der Waals surface area contributed by atoms with Crippen molar-refractivity contribution in [2.75, 3.05) is 6.54 Å². The van der Waals surface area contributed by atoms with Crippen molar-refractivity contribution in [1.82, 2.24) is 5.32 Å². The van der Waals surface area contributed by atoms with Gasteiger partial charge in [-0.3, -0.25) is 0 Å². The molecule has 0 aliphatic heterocycles. The van der Waals surface area contributed by atoms with Crippen LogP contribution in [0.25, 0.3) is 0 Å². The first-order chi connectivity index (χ1) is 14.3. The van der Waals surface area contributed by atoms with Crippen molar-refractivity contribution in [2.45, 2.75) is 57.0 Å². The van der Waals surface area contributed by atoms with Crippen LogP contribution in [0.5, 0.6) is 5.75 Å². The van der Waals surface area contributed by atoms with Gasteiger partial charge in [0.25, 0.3) is 0 Å². The zero-order valence-electron chi connectivity index (χ0n) is 17.2. The molecule has 2 bridgehead atoms. The van der Waals surface area contributed by atoms with Gasteiger partial charge in [0, 0.05) is 12.1 Å². The quantitative estimate of drug-likeness (QED) is 0.719. The number of benzene rings is 2. The fourth-order valence-electron chi connectivity index (χ4n) is 4.94. The van der Waals surface area contributed by atoms with Crippen molar-refractivity contribution in [1.29, 1.82) is 0 Å². The maximum Gasteiger partial charge on any atom is 0.403 e. The minimum absolute atomic E-state index is 0.168. The number of hydrogen-bond donors (Lipinski definition) is 2. The molecule has 3 N–H and O–H groups in total. The number of ether oxygens (including phenoxy) is 1. The standard InChI is InChI=1S/C24H29F3N2O/c1-16(24(25,26)27)29-15-23(28)20-8-9-21(23)12-19-13-22(10-7-18(19)11-20)30-14-17-5-3-2-4-6-17/h2-7,10,13,16,20-21,29H,8-9,11-12,14-15,28H2,1H3/t16?,20-,21+,23+/m0/s1. The van der Waals surface area contributed by atoms with E-state index in [9.17, 15) is 13.2 Å². The van der Waals surface area contributed by atoms with Gasteiger partial charge in [0.2, 0.25) is 0 Å². The van der Waals surface area contributed by atoms with Crippen LogP contribution in [0.1, 0.15) is 36.5 Å². The Labute approximate surface area is 175 Å². The van der Waals surface area contributed by atoms with Crippen molar-refractivity contribution in [2.24, 2.45) is 17.6 Å². The highest BCUT2D eigenvalue weighted by Gasteiger charge is 2.49. The van der Waals surface area contributed by atoms with Gasteiger partial charge in [0.1, 0.15) is 18.4 Å². The highest BCUT2D eigenvalue weighted by molar-refractivity contribution is 5.39. The Bertz CT molecular complexity index is 870. The lowest BCUT2D eigenvalue weighted by Gasteiger charge is -2.37. The number of alkyl halides is 3. The predicted molar refractivity (Wildman–Crippen MR) is 111 cm³/mol. The molecule has 1 saturated carbocycles. The maximum atomic E-state index is 13.0. The van der Waals surface area contributed by atoms with Gasteiger partial charge in [-0.25, -0.2) is 0 Å². The lowest BCUT2D eigenvalue weighted by Crippen LogP contribution is -2.59. The van der Waals surface area contributed by atoms with E-state index < -0.39 is 17.8 Å². The molecule has 0 saturated heterocycles. The molecule has 0 aromatic heterocycles. The number of nitrogens with one attached hydrogen (secondary N) is 1. The number of rotatable bonds is 6. The molecule has 0 amide bonds. The van der Waals surface area contributed by atoms with Gasteiger partial charge in [-0.2, -0.15) is 13.2 Å². The number of hydrogen-bond acceptors (Lipinski definition) is 3. The molecule has 1 unspecified atom stereocenters. The first-order valence-electron chi connectivity index (χ1n) is 10.6. The van der Waals surface area contributed by atoms with Crippen LogP contribution < -0.4 is 15.8 Å². The Hall–Kier alpha value is -2.05. The van der Waals surface area contributed by atoms with Gasteiger partial charge in [0.15, 0.2) is 0 Å². The molecule has 4 atom stereocenters. The van der Waals surface area contributed by atoms with Crippen molar-refractivity contribution in [3.05, 3.63) is 65.2 Å². The molecule has 0 spiro atoms. The second-order valence-electron chi connectivity index (χ2n) is 8.84. The fourth-order valence-corrected chi connectivity index (χ4v) is 4.94. The second-order valence-corrected chi connectivity index (χ2v) is 8.84. The van der Waals surface area contributed by atoms with Crippen LogP contribution in [-0.2, 0) is 19.4 Å². The molecule has 4 rings (SSSR count). The summed E-state index contributed by atoms with van der Waals surface area (Å²) >= 11 is 0. The smallest absolute Gasteiger partial charge is 0.403 e. The van der Waals surface area contributed by atoms with Gasteiger partial charge in [-0.15, -0.1) is 0 Å². The van der Waals surface area contributed by atoms with Gasteiger partial charge >= 0.3 is 6.18 Å². The van der Waals surface area contributed by atoms with Crippen LogP contribution in [0, 0.1) is 11.8 Å². The maximum absolute atomic E-state index is 13.0. The third kappa shape index (κ3) is 4.35. The summed E-state index contributed by atoms with van der Waals surface area (Å²) in [6.45, 7) is 1.85.